The first-order chi connectivity index (χ1) is 12.7. The minimum atomic E-state index is 0.646. The first-order valence-corrected chi connectivity index (χ1v) is 10.2. The van der Waals surface area contributed by atoms with Gasteiger partial charge in [-0.1, -0.05) is 91.6 Å². The minimum Gasteiger partial charge on any atom is -0.290 e. The fraction of sp³-hybridized carbons (Fsp3) is 0.391. The molecule has 26 heavy (non-hydrogen) atoms. The smallest absolute Gasteiger partial charge is 0.0607 e. The van der Waals surface area contributed by atoms with Crippen molar-refractivity contribution in [3.63, 3.8) is 0 Å². The van der Waals surface area contributed by atoms with Gasteiger partial charge in [-0.2, -0.15) is 0 Å². The van der Waals surface area contributed by atoms with Crippen LogP contribution in [0.15, 0.2) is 42.5 Å². The molecule has 0 unspecified atom stereocenters. The highest BCUT2D eigenvalue weighted by molar-refractivity contribution is 6.39. The fourth-order valence-corrected chi connectivity index (χ4v) is 4.42. The van der Waals surface area contributed by atoms with Crippen LogP contribution in [-0.2, 0) is 0 Å². The van der Waals surface area contributed by atoms with Crippen LogP contribution in [0.1, 0.15) is 44.6 Å². The van der Waals surface area contributed by atoms with Crippen LogP contribution in [0.5, 0.6) is 0 Å². The molecule has 1 saturated carbocycles. The minimum absolute atomic E-state index is 0.646. The number of hydrogen-bond acceptors (Lipinski definition) is 1. The fourth-order valence-electron chi connectivity index (χ4n) is 3.71. The lowest BCUT2D eigenvalue weighted by Crippen LogP contribution is -2.36. The van der Waals surface area contributed by atoms with Crippen molar-refractivity contribution in [1.29, 1.82) is 0 Å². The Morgan fingerprint density at radius 1 is 1.00 bits per heavy atom. The van der Waals surface area contributed by atoms with Crippen molar-refractivity contribution < 1.29 is 0 Å². The Morgan fingerprint density at radius 3 is 2.27 bits per heavy atom. The first-order valence-electron chi connectivity index (χ1n) is 9.46. The molecule has 2 aromatic carbocycles. The number of benzene rings is 2. The highest BCUT2D eigenvalue weighted by Gasteiger charge is 2.18. The van der Waals surface area contributed by atoms with Gasteiger partial charge in [-0.05, 0) is 37.1 Å². The van der Waals surface area contributed by atoms with E-state index in [2.05, 4.69) is 23.7 Å². The second kappa shape index (κ2) is 9.47. The summed E-state index contributed by atoms with van der Waals surface area (Å²) in [6.45, 7) is 4.07. The molecule has 0 bridgehead atoms. The molecule has 3 heteroatoms. The molecular formula is C23H25Cl2N. The second-order valence-corrected chi connectivity index (χ2v) is 7.65. The molecule has 0 radical (unpaired) electrons. The van der Waals surface area contributed by atoms with Crippen LogP contribution < -0.4 is 0 Å². The molecule has 0 heterocycles. The average molecular weight is 386 g/mol. The predicted octanol–water partition coefficient (Wildman–Crippen LogP) is 6.67. The summed E-state index contributed by atoms with van der Waals surface area (Å²) in [6.07, 6.45) is 6.68. The van der Waals surface area contributed by atoms with Crippen LogP contribution in [0, 0.1) is 11.8 Å². The van der Waals surface area contributed by atoms with Crippen molar-refractivity contribution in [3.05, 3.63) is 58.1 Å². The molecular weight excluding hydrogens is 361 g/mol. The summed E-state index contributed by atoms with van der Waals surface area (Å²) < 4.78 is 0. The van der Waals surface area contributed by atoms with Crippen LogP contribution in [-0.4, -0.2) is 24.0 Å². The number of rotatable bonds is 4. The molecule has 1 fully saturated rings. The van der Waals surface area contributed by atoms with E-state index in [1.807, 2.05) is 42.5 Å². The van der Waals surface area contributed by atoms with Gasteiger partial charge in [0, 0.05) is 17.2 Å². The molecule has 1 aliphatic carbocycles. The Labute approximate surface area is 167 Å². The Balaban J connectivity index is 1.74. The monoisotopic (exact) mass is 385 g/mol. The Kier molecular flexibility index (Phi) is 7.03. The van der Waals surface area contributed by atoms with E-state index in [-0.39, 0.29) is 0 Å². The van der Waals surface area contributed by atoms with Gasteiger partial charge in [0.05, 0.1) is 16.6 Å². The maximum atomic E-state index is 6.50. The summed E-state index contributed by atoms with van der Waals surface area (Å²) in [7, 11) is 0. The third kappa shape index (κ3) is 4.83. The molecule has 0 spiro atoms. The summed E-state index contributed by atoms with van der Waals surface area (Å²) in [6, 6.07) is 14.5. The van der Waals surface area contributed by atoms with E-state index >= 15 is 0 Å². The molecule has 0 N–H and O–H groups in total. The van der Waals surface area contributed by atoms with Gasteiger partial charge in [-0.25, -0.2) is 0 Å². The van der Waals surface area contributed by atoms with Gasteiger partial charge in [0.1, 0.15) is 0 Å². The van der Waals surface area contributed by atoms with Crippen molar-refractivity contribution in [2.75, 3.05) is 13.1 Å². The zero-order chi connectivity index (χ0) is 18.4. The topological polar surface area (TPSA) is 3.24 Å². The van der Waals surface area contributed by atoms with E-state index in [1.165, 1.54) is 32.1 Å². The molecule has 1 nitrogen and oxygen atoms in total. The Bertz CT molecular complexity index is 760. The highest BCUT2D eigenvalue weighted by Crippen LogP contribution is 2.35. The maximum Gasteiger partial charge on any atom is 0.0607 e. The van der Waals surface area contributed by atoms with E-state index in [1.54, 1.807) is 0 Å². The molecule has 136 valence electrons. The lowest BCUT2D eigenvalue weighted by Gasteiger charge is -2.32. The van der Waals surface area contributed by atoms with Gasteiger partial charge in [-0.3, -0.25) is 4.90 Å². The molecule has 0 aromatic heterocycles. The average Bonchev–Trinajstić information content (AvgIpc) is 2.66. The van der Waals surface area contributed by atoms with Crippen molar-refractivity contribution in [2.24, 2.45) is 0 Å². The van der Waals surface area contributed by atoms with Crippen molar-refractivity contribution in [2.45, 2.75) is 45.1 Å². The standard InChI is InChI=1S/C23H25Cl2N/c1-2-26(20-13-7-4-8-14-20)15-9-10-18-16-21(24)23(22(25)17-18)19-11-5-3-6-12-19/h3,5-6,11-12,16-17,20H,2,4,7-8,13-15H2,1H3. The van der Waals surface area contributed by atoms with E-state index in [4.69, 9.17) is 23.2 Å². The molecule has 0 atom stereocenters. The summed E-state index contributed by atoms with van der Waals surface area (Å²) in [5.41, 5.74) is 2.77. The van der Waals surface area contributed by atoms with Gasteiger partial charge >= 0.3 is 0 Å². The molecule has 0 amide bonds. The third-order valence-electron chi connectivity index (χ3n) is 5.12. The largest absolute Gasteiger partial charge is 0.290 e. The zero-order valence-electron chi connectivity index (χ0n) is 15.3. The van der Waals surface area contributed by atoms with Crippen LogP contribution in [0.4, 0.5) is 0 Å². The lowest BCUT2D eigenvalue weighted by atomic mass is 9.94. The van der Waals surface area contributed by atoms with Crippen molar-refractivity contribution in [1.82, 2.24) is 4.90 Å². The normalized spacial score (nSPS) is 14.9. The van der Waals surface area contributed by atoms with Crippen LogP contribution in [0.3, 0.4) is 0 Å². The third-order valence-corrected chi connectivity index (χ3v) is 5.71. The van der Waals surface area contributed by atoms with Gasteiger partial charge in [-0.15, -0.1) is 0 Å². The van der Waals surface area contributed by atoms with Crippen LogP contribution in [0.25, 0.3) is 11.1 Å². The number of nitrogens with zero attached hydrogens (tertiary/aromatic N) is 1. The highest BCUT2D eigenvalue weighted by atomic mass is 35.5. The summed E-state index contributed by atoms with van der Waals surface area (Å²) in [4.78, 5) is 2.49. The van der Waals surface area contributed by atoms with E-state index in [9.17, 15) is 0 Å². The molecule has 0 saturated heterocycles. The van der Waals surface area contributed by atoms with Gasteiger partial charge in [0.2, 0.25) is 0 Å². The molecule has 1 aliphatic rings. The van der Waals surface area contributed by atoms with Crippen LogP contribution >= 0.6 is 23.2 Å². The number of halogens is 2. The number of hydrogen-bond donors (Lipinski definition) is 0. The summed E-state index contributed by atoms with van der Waals surface area (Å²) in [5.74, 6) is 6.57. The van der Waals surface area contributed by atoms with E-state index in [0.717, 1.165) is 29.8 Å². The van der Waals surface area contributed by atoms with Crippen molar-refractivity contribution >= 4 is 23.2 Å². The maximum absolute atomic E-state index is 6.50. The zero-order valence-corrected chi connectivity index (χ0v) is 16.8. The van der Waals surface area contributed by atoms with Gasteiger partial charge in [0.15, 0.2) is 0 Å². The van der Waals surface area contributed by atoms with Crippen LogP contribution in [0.2, 0.25) is 10.0 Å². The SMILES string of the molecule is CCN(CC#Cc1cc(Cl)c(-c2ccccc2)c(Cl)c1)C1CCCCC1. The Hall–Kier alpha value is -1.46. The van der Waals surface area contributed by atoms with E-state index < -0.39 is 0 Å². The van der Waals surface area contributed by atoms with Gasteiger partial charge in [0.25, 0.3) is 0 Å². The van der Waals surface area contributed by atoms with Gasteiger partial charge < -0.3 is 0 Å². The predicted molar refractivity (Wildman–Crippen MR) is 113 cm³/mol. The molecule has 2 aromatic rings. The second-order valence-electron chi connectivity index (χ2n) is 6.84. The lowest BCUT2D eigenvalue weighted by molar-refractivity contribution is 0.183. The molecule has 3 rings (SSSR count). The Morgan fingerprint density at radius 2 is 1.65 bits per heavy atom. The first kappa shape index (κ1) is 19.3. The van der Waals surface area contributed by atoms with E-state index in [0.29, 0.717) is 16.1 Å². The molecule has 0 aliphatic heterocycles. The quantitative estimate of drug-likeness (QED) is 0.531. The van der Waals surface area contributed by atoms with Crippen molar-refractivity contribution in [3.8, 4) is 23.0 Å². The summed E-state index contributed by atoms with van der Waals surface area (Å²) >= 11 is 13.0. The summed E-state index contributed by atoms with van der Waals surface area (Å²) in [5, 5.41) is 1.29.